The molecule has 1 heterocycles. The second-order valence-corrected chi connectivity index (χ2v) is 3.95. The van der Waals surface area contributed by atoms with Crippen molar-refractivity contribution in [2.45, 2.75) is 6.10 Å². The summed E-state index contributed by atoms with van der Waals surface area (Å²) in [5, 5.41) is 19.7. The number of rotatable bonds is 0. The summed E-state index contributed by atoms with van der Waals surface area (Å²) >= 11 is 0. The Balaban J connectivity index is 2.34. The summed E-state index contributed by atoms with van der Waals surface area (Å²) in [5.74, 6) is -0.872. The minimum Gasteiger partial charge on any atom is -0.509 e. The van der Waals surface area contributed by atoms with Crippen LogP contribution in [0.4, 0.5) is 0 Å². The van der Waals surface area contributed by atoms with Crippen LogP contribution < -0.4 is 0 Å². The van der Waals surface area contributed by atoms with Crippen molar-refractivity contribution in [2.24, 2.45) is 0 Å². The van der Waals surface area contributed by atoms with Gasteiger partial charge in [0, 0.05) is 17.0 Å². The van der Waals surface area contributed by atoms with E-state index in [2.05, 4.69) is 4.98 Å². The molecule has 1 aromatic heterocycles. The van der Waals surface area contributed by atoms with E-state index in [1.165, 1.54) is 6.08 Å². The minimum atomic E-state index is -1.47. The average molecular weight is 227 g/mol. The Bertz CT molecular complexity index is 661. The number of carbonyl (C=O) groups is 1. The van der Waals surface area contributed by atoms with Gasteiger partial charge in [-0.05, 0) is 12.1 Å². The lowest BCUT2D eigenvalue weighted by Crippen LogP contribution is -2.27. The van der Waals surface area contributed by atoms with E-state index in [0.717, 1.165) is 10.9 Å². The third kappa shape index (κ3) is 1.42. The number of aliphatic hydroxyl groups excluding tert-OH is 2. The van der Waals surface area contributed by atoms with Crippen LogP contribution in [0.15, 0.2) is 36.1 Å². The van der Waals surface area contributed by atoms with Crippen LogP contribution in [-0.2, 0) is 0 Å². The quantitative estimate of drug-likeness (QED) is 0.718. The summed E-state index contributed by atoms with van der Waals surface area (Å²) in [6.45, 7) is 0. The molecule has 0 radical (unpaired) electrons. The second kappa shape index (κ2) is 3.40. The lowest BCUT2D eigenvalue weighted by atomic mass is 9.95. The maximum atomic E-state index is 11.8. The summed E-state index contributed by atoms with van der Waals surface area (Å²) < 4.78 is 0. The largest absolute Gasteiger partial charge is 0.509 e. The Kier molecular flexibility index (Phi) is 2.00. The Morgan fingerprint density at radius 1 is 1.24 bits per heavy atom. The van der Waals surface area contributed by atoms with Crippen molar-refractivity contribution in [1.29, 1.82) is 0 Å². The second-order valence-electron chi connectivity index (χ2n) is 3.95. The molecule has 0 saturated heterocycles. The van der Waals surface area contributed by atoms with Crippen LogP contribution in [0, 0.1) is 0 Å². The number of aromatic nitrogens is 1. The molecule has 1 unspecified atom stereocenters. The maximum Gasteiger partial charge on any atom is 0.201 e. The number of hydrogen-bond donors (Lipinski definition) is 2. The molecule has 0 bridgehead atoms. The zero-order valence-corrected chi connectivity index (χ0v) is 8.79. The molecule has 1 aliphatic carbocycles. The average Bonchev–Trinajstić information content (AvgIpc) is 2.34. The fourth-order valence-corrected chi connectivity index (χ4v) is 1.94. The van der Waals surface area contributed by atoms with Crippen molar-refractivity contribution >= 4 is 22.8 Å². The fourth-order valence-electron chi connectivity index (χ4n) is 1.94. The third-order valence-corrected chi connectivity index (χ3v) is 2.83. The van der Waals surface area contributed by atoms with Crippen LogP contribution in [0.5, 0.6) is 0 Å². The van der Waals surface area contributed by atoms with E-state index in [4.69, 9.17) is 0 Å². The smallest absolute Gasteiger partial charge is 0.201 e. The van der Waals surface area contributed by atoms with Crippen molar-refractivity contribution in [2.75, 3.05) is 0 Å². The molecule has 3 rings (SSSR count). The molecular formula is C13H9NO3. The molecule has 84 valence electrons. The van der Waals surface area contributed by atoms with Gasteiger partial charge in [0.2, 0.25) is 5.78 Å². The molecular weight excluding hydrogens is 218 g/mol. The Labute approximate surface area is 96.8 Å². The predicted octanol–water partition coefficient (Wildman–Crippen LogP) is 1.69. The van der Waals surface area contributed by atoms with Crippen molar-refractivity contribution < 1.29 is 15.0 Å². The lowest BCUT2D eigenvalue weighted by molar-refractivity contribution is 0.0730. The van der Waals surface area contributed by atoms with Crippen LogP contribution in [0.2, 0.25) is 0 Å². The molecule has 2 N–H and O–H groups in total. The fraction of sp³-hybridized carbons (Fsp3) is 0.0769. The standard InChI is InChI=1S/C13H9NO3/c15-11-6-10-8(12(16)13(11)17)5-7-3-1-2-4-9(7)14-10/h1-6,13,15,17H. The van der Waals surface area contributed by atoms with Crippen LogP contribution in [-0.4, -0.2) is 27.1 Å². The molecule has 0 aliphatic heterocycles. The summed E-state index contributed by atoms with van der Waals surface area (Å²) in [7, 11) is 0. The molecule has 17 heavy (non-hydrogen) atoms. The first-order valence-corrected chi connectivity index (χ1v) is 5.19. The Morgan fingerprint density at radius 2 is 2.00 bits per heavy atom. The number of nitrogens with zero attached hydrogens (tertiary/aromatic N) is 1. The van der Waals surface area contributed by atoms with E-state index in [9.17, 15) is 15.0 Å². The van der Waals surface area contributed by atoms with Gasteiger partial charge in [-0.15, -0.1) is 0 Å². The van der Waals surface area contributed by atoms with E-state index in [1.807, 2.05) is 24.3 Å². The summed E-state index contributed by atoms with van der Waals surface area (Å²) in [6, 6.07) is 9.07. The molecule has 4 heteroatoms. The number of pyridine rings is 1. The van der Waals surface area contributed by atoms with Gasteiger partial charge < -0.3 is 10.2 Å². The van der Waals surface area contributed by atoms with Crippen molar-refractivity contribution in [3.05, 3.63) is 47.3 Å². The van der Waals surface area contributed by atoms with Gasteiger partial charge in [-0.25, -0.2) is 4.98 Å². The van der Waals surface area contributed by atoms with Crippen LogP contribution in [0.1, 0.15) is 16.1 Å². The highest BCUT2D eigenvalue weighted by molar-refractivity contribution is 6.08. The van der Waals surface area contributed by atoms with E-state index in [-0.39, 0.29) is 5.76 Å². The lowest BCUT2D eigenvalue weighted by Gasteiger charge is -2.16. The number of fused-ring (bicyclic) bond motifs is 2. The zero-order chi connectivity index (χ0) is 12.0. The molecule has 1 aliphatic rings. The molecule has 1 aromatic carbocycles. The molecule has 0 spiro atoms. The molecule has 0 saturated carbocycles. The summed E-state index contributed by atoms with van der Waals surface area (Å²) in [5.41, 5.74) is 1.49. The van der Waals surface area contributed by atoms with Gasteiger partial charge in [-0.2, -0.15) is 0 Å². The number of Topliss-reactive ketones (excluding diaryl/α,β-unsaturated/α-hetero) is 1. The van der Waals surface area contributed by atoms with E-state index < -0.39 is 11.9 Å². The van der Waals surface area contributed by atoms with Crippen molar-refractivity contribution in [3.8, 4) is 0 Å². The van der Waals surface area contributed by atoms with Crippen LogP contribution in [0.25, 0.3) is 17.0 Å². The molecule has 4 nitrogen and oxygen atoms in total. The molecule has 0 amide bonds. The number of ketones is 1. The molecule has 0 fully saturated rings. The highest BCUT2D eigenvalue weighted by Gasteiger charge is 2.28. The zero-order valence-electron chi connectivity index (χ0n) is 8.79. The van der Waals surface area contributed by atoms with Gasteiger partial charge in [0.1, 0.15) is 5.76 Å². The maximum absolute atomic E-state index is 11.8. The minimum absolute atomic E-state index is 0.342. The van der Waals surface area contributed by atoms with Gasteiger partial charge in [0.25, 0.3) is 0 Å². The topological polar surface area (TPSA) is 70.4 Å². The third-order valence-electron chi connectivity index (χ3n) is 2.83. The van der Waals surface area contributed by atoms with Gasteiger partial charge in [0.15, 0.2) is 6.10 Å². The highest BCUT2D eigenvalue weighted by atomic mass is 16.3. The molecule has 2 aromatic rings. The number of hydrogen-bond acceptors (Lipinski definition) is 4. The van der Waals surface area contributed by atoms with Crippen LogP contribution >= 0.6 is 0 Å². The van der Waals surface area contributed by atoms with Gasteiger partial charge in [0.05, 0.1) is 11.2 Å². The van der Waals surface area contributed by atoms with Gasteiger partial charge in [-0.3, -0.25) is 4.79 Å². The first kappa shape index (κ1) is 9.99. The monoisotopic (exact) mass is 227 g/mol. The van der Waals surface area contributed by atoms with Crippen LogP contribution in [0.3, 0.4) is 0 Å². The first-order chi connectivity index (χ1) is 8.16. The van der Waals surface area contributed by atoms with Gasteiger partial charge in [-0.1, -0.05) is 18.2 Å². The Morgan fingerprint density at radius 3 is 2.82 bits per heavy atom. The summed E-state index contributed by atoms with van der Waals surface area (Å²) in [6.07, 6.45) is -0.140. The summed E-state index contributed by atoms with van der Waals surface area (Å²) in [4.78, 5) is 16.1. The first-order valence-electron chi connectivity index (χ1n) is 5.19. The predicted molar refractivity (Wildman–Crippen MR) is 62.7 cm³/mol. The van der Waals surface area contributed by atoms with E-state index >= 15 is 0 Å². The number of para-hydroxylation sites is 1. The highest BCUT2D eigenvalue weighted by Crippen LogP contribution is 2.25. The van der Waals surface area contributed by atoms with E-state index in [1.54, 1.807) is 6.07 Å². The SMILES string of the molecule is O=C1c2cc3ccccc3nc2C=C(O)C1O. The van der Waals surface area contributed by atoms with E-state index in [0.29, 0.717) is 11.3 Å². The van der Waals surface area contributed by atoms with Gasteiger partial charge >= 0.3 is 0 Å². The normalized spacial score (nSPS) is 19.0. The number of aliphatic hydroxyl groups is 2. The molecule has 1 atom stereocenters. The Hall–Kier alpha value is -2.20. The van der Waals surface area contributed by atoms with Crippen molar-refractivity contribution in [1.82, 2.24) is 4.98 Å². The van der Waals surface area contributed by atoms with Crippen molar-refractivity contribution in [3.63, 3.8) is 0 Å². The number of benzene rings is 1. The number of carbonyl (C=O) groups excluding carboxylic acids is 1.